The first-order valence-corrected chi connectivity index (χ1v) is 11.4. The zero-order chi connectivity index (χ0) is 20.5. The minimum absolute atomic E-state index is 0. The molecule has 166 valence electrons. The number of aromatic nitrogens is 1. The van der Waals surface area contributed by atoms with E-state index in [-0.39, 0.29) is 24.0 Å². The van der Waals surface area contributed by atoms with Crippen molar-refractivity contribution in [2.45, 2.75) is 33.2 Å². The van der Waals surface area contributed by atoms with E-state index in [1.54, 1.807) is 11.3 Å². The maximum absolute atomic E-state index is 4.45. The topological polar surface area (TPSA) is 55.8 Å². The number of guanidine groups is 1. The lowest BCUT2D eigenvalue weighted by molar-refractivity contribution is 0.255. The SMILES string of the molecule is CCc1cnc(CNC(=NC)NCCCN2CCN(c3cccc(C)c3)CC2)s1.I. The van der Waals surface area contributed by atoms with Gasteiger partial charge in [-0.3, -0.25) is 9.89 Å². The molecule has 1 aliphatic heterocycles. The molecule has 1 aromatic heterocycles. The van der Waals surface area contributed by atoms with Crippen molar-refractivity contribution in [1.29, 1.82) is 0 Å². The largest absolute Gasteiger partial charge is 0.369 e. The molecular weight excluding hydrogens is 507 g/mol. The van der Waals surface area contributed by atoms with Crippen LogP contribution in [-0.4, -0.2) is 62.2 Å². The molecule has 8 heteroatoms. The van der Waals surface area contributed by atoms with Gasteiger partial charge in [-0.2, -0.15) is 0 Å². The van der Waals surface area contributed by atoms with E-state index in [2.05, 4.69) is 68.5 Å². The zero-order valence-corrected chi connectivity index (χ0v) is 21.5. The first-order valence-electron chi connectivity index (χ1n) is 10.6. The highest BCUT2D eigenvalue weighted by Crippen LogP contribution is 2.17. The third-order valence-electron chi connectivity index (χ3n) is 5.26. The number of hydrogen-bond donors (Lipinski definition) is 2. The lowest BCUT2D eigenvalue weighted by Crippen LogP contribution is -2.47. The highest BCUT2D eigenvalue weighted by molar-refractivity contribution is 14.0. The maximum Gasteiger partial charge on any atom is 0.191 e. The van der Waals surface area contributed by atoms with Gasteiger partial charge in [-0.1, -0.05) is 19.1 Å². The molecule has 2 heterocycles. The van der Waals surface area contributed by atoms with Gasteiger partial charge >= 0.3 is 0 Å². The summed E-state index contributed by atoms with van der Waals surface area (Å²) in [6.45, 7) is 11.6. The number of nitrogens with one attached hydrogen (secondary N) is 2. The van der Waals surface area contributed by atoms with E-state index < -0.39 is 0 Å². The van der Waals surface area contributed by atoms with E-state index in [0.29, 0.717) is 0 Å². The van der Waals surface area contributed by atoms with E-state index in [4.69, 9.17) is 0 Å². The smallest absolute Gasteiger partial charge is 0.191 e. The second-order valence-electron chi connectivity index (χ2n) is 7.45. The van der Waals surface area contributed by atoms with Crippen LogP contribution in [0.25, 0.3) is 0 Å². The van der Waals surface area contributed by atoms with Crippen LogP contribution < -0.4 is 15.5 Å². The van der Waals surface area contributed by atoms with E-state index >= 15 is 0 Å². The van der Waals surface area contributed by atoms with Gasteiger partial charge in [-0.05, 0) is 44.0 Å². The van der Waals surface area contributed by atoms with Gasteiger partial charge in [0.1, 0.15) is 5.01 Å². The lowest BCUT2D eigenvalue weighted by atomic mass is 10.2. The lowest BCUT2D eigenvalue weighted by Gasteiger charge is -2.36. The van der Waals surface area contributed by atoms with Crippen molar-refractivity contribution in [3.63, 3.8) is 0 Å². The number of anilines is 1. The number of hydrogen-bond acceptors (Lipinski definition) is 5. The Bertz CT molecular complexity index is 785. The maximum atomic E-state index is 4.45. The van der Waals surface area contributed by atoms with E-state index in [9.17, 15) is 0 Å². The molecule has 1 aliphatic rings. The van der Waals surface area contributed by atoms with E-state index in [1.807, 2.05) is 13.2 Å². The molecule has 1 saturated heterocycles. The summed E-state index contributed by atoms with van der Waals surface area (Å²) in [6.07, 6.45) is 4.13. The number of aryl methyl sites for hydroxylation is 2. The average Bonchev–Trinajstić information content (AvgIpc) is 3.22. The van der Waals surface area contributed by atoms with Gasteiger partial charge in [0.2, 0.25) is 0 Å². The van der Waals surface area contributed by atoms with Crippen molar-refractivity contribution >= 4 is 47.0 Å². The van der Waals surface area contributed by atoms with Crippen molar-refractivity contribution in [3.05, 3.63) is 45.9 Å². The Labute approximate surface area is 202 Å². The Morgan fingerprint density at radius 2 is 2.00 bits per heavy atom. The normalized spacial score (nSPS) is 15.0. The summed E-state index contributed by atoms with van der Waals surface area (Å²) in [5.41, 5.74) is 2.69. The van der Waals surface area contributed by atoms with Crippen LogP contribution >= 0.6 is 35.3 Å². The molecule has 0 spiro atoms. The molecule has 1 aromatic carbocycles. The Balaban J connectivity index is 0.00000320. The van der Waals surface area contributed by atoms with Crippen LogP contribution in [0.2, 0.25) is 0 Å². The van der Waals surface area contributed by atoms with Crippen molar-refractivity contribution in [2.24, 2.45) is 4.99 Å². The van der Waals surface area contributed by atoms with Gasteiger partial charge < -0.3 is 15.5 Å². The minimum atomic E-state index is 0. The number of nitrogens with zero attached hydrogens (tertiary/aromatic N) is 4. The first-order chi connectivity index (χ1) is 14.2. The summed E-state index contributed by atoms with van der Waals surface area (Å²) < 4.78 is 0. The summed E-state index contributed by atoms with van der Waals surface area (Å²) >= 11 is 1.76. The van der Waals surface area contributed by atoms with Crippen LogP contribution in [-0.2, 0) is 13.0 Å². The fraction of sp³-hybridized carbons (Fsp3) is 0.545. The Kier molecular flexibility index (Phi) is 10.9. The molecule has 2 aromatic rings. The quantitative estimate of drug-likeness (QED) is 0.232. The molecule has 3 rings (SSSR count). The van der Waals surface area contributed by atoms with E-state index in [0.717, 1.165) is 69.6 Å². The summed E-state index contributed by atoms with van der Waals surface area (Å²) in [5.74, 6) is 0.850. The fourth-order valence-electron chi connectivity index (χ4n) is 3.54. The summed E-state index contributed by atoms with van der Waals surface area (Å²) in [6, 6.07) is 8.82. The molecule has 0 aliphatic carbocycles. The zero-order valence-electron chi connectivity index (χ0n) is 18.4. The second kappa shape index (κ2) is 13.1. The van der Waals surface area contributed by atoms with Crippen LogP contribution in [0, 0.1) is 6.92 Å². The van der Waals surface area contributed by atoms with Crippen LogP contribution in [0.3, 0.4) is 0 Å². The fourth-order valence-corrected chi connectivity index (χ4v) is 4.34. The molecule has 2 N–H and O–H groups in total. The third kappa shape index (κ3) is 7.70. The van der Waals surface area contributed by atoms with E-state index in [1.165, 1.54) is 16.1 Å². The Morgan fingerprint density at radius 1 is 1.20 bits per heavy atom. The number of thiazole rings is 1. The molecule has 1 fully saturated rings. The molecule has 6 nitrogen and oxygen atoms in total. The monoisotopic (exact) mass is 542 g/mol. The molecule has 0 amide bonds. The Hall–Kier alpha value is -1.39. The number of aliphatic imine (C=N–C) groups is 1. The van der Waals surface area contributed by atoms with Gasteiger partial charge in [-0.15, -0.1) is 35.3 Å². The predicted molar refractivity (Wildman–Crippen MR) is 140 cm³/mol. The number of halogens is 1. The van der Waals surface area contributed by atoms with Gasteiger partial charge in [0.05, 0.1) is 6.54 Å². The van der Waals surface area contributed by atoms with Crippen molar-refractivity contribution in [1.82, 2.24) is 20.5 Å². The highest BCUT2D eigenvalue weighted by atomic mass is 127. The van der Waals surface area contributed by atoms with Gasteiger partial charge in [0.25, 0.3) is 0 Å². The average molecular weight is 543 g/mol. The minimum Gasteiger partial charge on any atom is -0.369 e. The molecule has 30 heavy (non-hydrogen) atoms. The number of rotatable bonds is 8. The van der Waals surface area contributed by atoms with Gasteiger partial charge in [0.15, 0.2) is 5.96 Å². The summed E-state index contributed by atoms with van der Waals surface area (Å²) in [7, 11) is 1.82. The van der Waals surface area contributed by atoms with Crippen LogP contribution in [0.15, 0.2) is 35.5 Å². The summed E-state index contributed by atoms with van der Waals surface area (Å²) in [4.78, 5) is 15.1. The molecule has 0 atom stereocenters. The predicted octanol–water partition coefficient (Wildman–Crippen LogP) is 3.51. The number of piperazine rings is 1. The van der Waals surface area contributed by atoms with Crippen molar-refractivity contribution in [3.8, 4) is 0 Å². The second-order valence-corrected chi connectivity index (χ2v) is 8.65. The van der Waals surface area contributed by atoms with Gasteiger partial charge in [0, 0.05) is 56.5 Å². The third-order valence-corrected chi connectivity index (χ3v) is 6.40. The van der Waals surface area contributed by atoms with Gasteiger partial charge in [-0.25, -0.2) is 4.98 Å². The highest BCUT2D eigenvalue weighted by Gasteiger charge is 2.16. The molecule has 0 saturated carbocycles. The van der Waals surface area contributed by atoms with Crippen molar-refractivity contribution in [2.75, 3.05) is 51.2 Å². The van der Waals surface area contributed by atoms with Crippen LogP contribution in [0.4, 0.5) is 5.69 Å². The van der Waals surface area contributed by atoms with Crippen molar-refractivity contribution < 1.29 is 0 Å². The molecule has 0 radical (unpaired) electrons. The summed E-state index contributed by atoms with van der Waals surface area (Å²) in [5, 5.41) is 7.88. The van der Waals surface area contributed by atoms with Crippen LogP contribution in [0.5, 0.6) is 0 Å². The number of benzene rings is 1. The molecule has 0 unspecified atom stereocenters. The van der Waals surface area contributed by atoms with Crippen LogP contribution in [0.1, 0.15) is 28.8 Å². The Morgan fingerprint density at radius 3 is 2.67 bits per heavy atom. The first kappa shape index (κ1) is 24.9. The molecular formula is C22H35IN6S. The standard InChI is InChI=1S/C22H34N6S.HI/c1-4-20-16-25-21(29-20)17-26-22(23-3)24-9-6-10-27-11-13-28(14-12-27)19-8-5-7-18(2)15-19;/h5,7-8,15-16H,4,6,9-14,17H2,1-3H3,(H2,23,24,26);1H. The molecule has 0 bridgehead atoms.